The third kappa shape index (κ3) is 3.14. The van der Waals surface area contributed by atoms with E-state index in [-0.39, 0.29) is 18.1 Å². The molecule has 0 spiro atoms. The van der Waals surface area contributed by atoms with Crippen molar-refractivity contribution in [3.05, 3.63) is 29.0 Å². The van der Waals surface area contributed by atoms with Gasteiger partial charge in [-0.2, -0.15) is 0 Å². The number of nitrogens with zero attached hydrogens (tertiary/aromatic N) is 1. The molecule has 1 heterocycles. The molecular weight excluding hydrogens is 206 g/mol. The molecule has 14 heavy (non-hydrogen) atoms. The molecule has 0 amide bonds. The van der Waals surface area contributed by atoms with E-state index in [0.29, 0.717) is 5.02 Å². The van der Waals surface area contributed by atoms with Crippen LogP contribution in [0, 0.1) is 0 Å². The summed E-state index contributed by atoms with van der Waals surface area (Å²) in [5.41, 5.74) is 0.232. The van der Waals surface area contributed by atoms with Crippen LogP contribution in [-0.2, 0) is 9.53 Å². The van der Waals surface area contributed by atoms with Gasteiger partial charge in [0.15, 0.2) is 6.61 Å². The number of halogens is 1. The summed E-state index contributed by atoms with van der Waals surface area (Å²) in [7, 11) is 0. The van der Waals surface area contributed by atoms with Crippen LogP contribution < -0.4 is 0 Å². The highest BCUT2D eigenvalue weighted by molar-refractivity contribution is 6.30. The molecule has 0 N–H and O–H groups in total. The van der Waals surface area contributed by atoms with Crippen molar-refractivity contribution in [2.45, 2.75) is 6.92 Å². The molecule has 0 bridgehead atoms. The van der Waals surface area contributed by atoms with Gasteiger partial charge in [-0.15, -0.1) is 0 Å². The summed E-state index contributed by atoms with van der Waals surface area (Å²) in [6, 6.07) is 3.03. The predicted molar refractivity (Wildman–Crippen MR) is 50.2 cm³/mol. The number of carbonyl (C=O) groups excluding carboxylic acids is 2. The summed E-state index contributed by atoms with van der Waals surface area (Å²) in [4.78, 5) is 25.5. The molecule has 0 aromatic carbocycles. The molecule has 0 aliphatic rings. The van der Waals surface area contributed by atoms with E-state index < -0.39 is 5.97 Å². The van der Waals surface area contributed by atoms with Gasteiger partial charge in [0.2, 0.25) is 5.78 Å². The first-order chi connectivity index (χ1) is 6.59. The first-order valence-corrected chi connectivity index (χ1v) is 4.25. The number of ketones is 1. The second-order valence-corrected chi connectivity index (χ2v) is 3.00. The fourth-order valence-corrected chi connectivity index (χ4v) is 0.894. The highest BCUT2D eigenvalue weighted by Crippen LogP contribution is 2.06. The number of carbonyl (C=O) groups is 2. The van der Waals surface area contributed by atoms with Gasteiger partial charge in [0.1, 0.15) is 5.69 Å². The molecule has 74 valence electrons. The third-order valence-corrected chi connectivity index (χ3v) is 1.64. The quantitative estimate of drug-likeness (QED) is 0.564. The van der Waals surface area contributed by atoms with Gasteiger partial charge in [-0.1, -0.05) is 11.6 Å². The summed E-state index contributed by atoms with van der Waals surface area (Å²) in [6.45, 7) is 0.951. The maximum absolute atomic E-state index is 11.3. The first kappa shape index (κ1) is 10.7. The fraction of sp³-hybridized carbons (Fsp3) is 0.222. The topological polar surface area (TPSA) is 56.3 Å². The molecule has 1 rings (SSSR count). The van der Waals surface area contributed by atoms with Gasteiger partial charge in [-0.3, -0.25) is 14.6 Å². The molecule has 0 saturated heterocycles. The molecule has 0 aliphatic carbocycles. The fourth-order valence-electron chi connectivity index (χ4n) is 0.782. The second kappa shape index (κ2) is 4.72. The van der Waals surface area contributed by atoms with Crippen LogP contribution in [0.25, 0.3) is 0 Å². The molecular formula is C9H8ClNO3. The minimum Gasteiger partial charge on any atom is -0.457 e. The first-order valence-electron chi connectivity index (χ1n) is 3.87. The van der Waals surface area contributed by atoms with E-state index in [2.05, 4.69) is 9.72 Å². The summed E-state index contributed by atoms with van der Waals surface area (Å²) < 4.78 is 4.53. The summed E-state index contributed by atoms with van der Waals surface area (Å²) in [5.74, 6) is -0.843. The Morgan fingerprint density at radius 2 is 2.21 bits per heavy atom. The van der Waals surface area contributed by atoms with Gasteiger partial charge in [-0.05, 0) is 12.1 Å². The second-order valence-electron chi connectivity index (χ2n) is 2.57. The molecule has 0 fully saturated rings. The molecule has 0 aliphatic heterocycles. The van der Waals surface area contributed by atoms with Crippen molar-refractivity contribution < 1.29 is 14.3 Å². The largest absolute Gasteiger partial charge is 0.457 e. The van der Waals surface area contributed by atoms with Crippen LogP contribution in [0.15, 0.2) is 18.3 Å². The number of esters is 1. The Morgan fingerprint density at radius 3 is 2.71 bits per heavy atom. The van der Waals surface area contributed by atoms with Crippen LogP contribution >= 0.6 is 11.6 Å². The van der Waals surface area contributed by atoms with Crippen LogP contribution in [0.1, 0.15) is 17.4 Å². The van der Waals surface area contributed by atoms with Crippen LogP contribution in [0.5, 0.6) is 0 Å². The normalized spacial score (nSPS) is 9.57. The van der Waals surface area contributed by atoms with Gasteiger partial charge < -0.3 is 4.74 Å². The lowest BCUT2D eigenvalue weighted by Crippen LogP contribution is -2.12. The Morgan fingerprint density at radius 1 is 1.50 bits per heavy atom. The molecule has 0 saturated carbocycles. The van der Waals surface area contributed by atoms with Gasteiger partial charge in [-0.25, -0.2) is 0 Å². The average Bonchev–Trinajstić information content (AvgIpc) is 2.15. The Hall–Kier alpha value is -1.42. The number of Topliss-reactive ketones (excluding diaryl/α,β-unsaturated/α-hetero) is 1. The van der Waals surface area contributed by atoms with E-state index in [1.807, 2.05) is 0 Å². The zero-order chi connectivity index (χ0) is 10.6. The maximum atomic E-state index is 11.3. The van der Waals surface area contributed by atoms with E-state index in [1.54, 1.807) is 6.07 Å². The van der Waals surface area contributed by atoms with Crippen molar-refractivity contribution in [1.29, 1.82) is 0 Å². The third-order valence-electron chi connectivity index (χ3n) is 1.42. The number of rotatable bonds is 3. The monoisotopic (exact) mass is 213 g/mol. The van der Waals surface area contributed by atoms with E-state index >= 15 is 0 Å². The van der Waals surface area contributed by atoms with E-state index in [4.69, 9.17) is 11.6 Å². The Kier molecular flexibility index (Phi) is 3.59. The number of pyridine rings is 1. The standard InChI is InChI=1S/C9H8ClNO3/c1-6(12)14-5-9(13)8-3-2-7(10)4-11-8/h2-4H,5H2,1H3. The van der Waals surface area contributed by atoms with Crippen molar-refractivity contribution >= 4 is 23.4 Å². The highest BCUT2D eigenvalue weighted by atomic mass is 35.5. The Balaban J connectivity index is 2.61. The zero-order valence-corrected chi connectivity index (χ0v) is 8.25. The molecule has 0 radical (unpaired) electrons. The average molecular weight is 214 g/mol. The van der Waals surface area contributed by atoms with Crippen LogP contribution in [0.2, 0.25) is 5.02 Å². The van der Waals surface area contributed by atoms with E-state index in [1.165, 1.54) is 19.2 Å². The lowest BCUT2D eigenvalue weighted by Gasteiger charge is -2.00. The number of hydrogen-bond donors (Lipinski definition) is 0. The van der Waals surface area contributed by atoms with Crippen LogP contribution in [0.3, 0.4) is 0 Å². The number of hydrogen-bond acceptors (Lipinski definition) is 4. The van der Waals surface area contributed by atoms with Crippen LogP contribution in [-0.4, -0.2) is 23.3 Å². The molecule has 0 atom stereocenters. The van der Waals surface area contributed by atoms with Gasteiger partial charge in [0, 0.05) is 13.1 Å². The number of aromatic nitrogens is 1. The highest BCUT2D eigenvalue weighted by Gasteiger charge is 2.08. The van der Waals surface area contributed by atoms with Gasteiger partial charge in [0.25, 0.3) is 0 Å². The van der Waals surface area contributed by atoms with Crippen molar-refractivity contribution in [2.24, 2.45) is 0 Å². The molecule has 0 unspecified atom stereocenters. The SMILES string of the molecule is CC(=O)OCC(=O)c1ccc(Cl)cn1. The summed E-state index contributed by atoms with van der Waals surface area (Å²) in [5, 5.41) is 0.453. The minimum absolute atomic E-state index is 0.232. The van der Waals surface area contributed by atoms with E-state index in [0.717, 1.165) is 0 Å². The maximum Gasteiger partial charge on any atom is 0.303 e. The van der Waals surface area contributed by atoms with E-state index in [9.17, 15) is 9.59 Å². The van der Waals surface area contributed by atoms with Crippen molar-refractivity contribution in [3.63, 3.8) is 0 Å². The lowest BCUT2D eigenvalue weighted by atomic mass is 10.2. The Labute approximate surface area is 85.9 Å². The molecule has 4 nitrogen and oxygen atoms in total. The molecule has 5 heteroatoms. The summed E-state index contributed by atoms with van der Waals surface area (Å²) in [6.07, 6.45) is 1.36. The zero-order valence-electron chi connectivity index (χ0n) is 7.49. The smallest absolute Gasteiger partial charge is 0.303 e. The minimum atomic E-state index is -0.493. The lowest BCUT2D eigenvalue weighted by molar-refractivity contribution is -0.139. The Bertz CT molecular complexity index is 348. The van der Waals surface area contributed by atoms with Crippen molar-refractivity contribution in [2.75, 3.05) is 6.61 Å². The predicted octanol–water partition coefficient (Wildman–Crippen LogP) is 1.48. The summed E-state index contributed by atoms with van der Waals surface area (Å²) >= 11 is 5.58. The van der Waals surface area contributed by atoms with Crippen molar-refractivity contribution in [3.8, 4) is 0 Å². The van der Waals surface area contributed by atoms with Crippen molar-refractivity contribution in [1.82, 2.24) is 4.98 Å². The number of ether oxygens (including phenoxy) is 1. The van der Waals surface area contributed by atoms with Gasteiger partial charge in [0.05, 0.1) is 5.02 Å². The van der Waals surface area contributed by atoms with Crippen LogP contribution in [0.4, 0.5) is 0 Å². The molecule has 1 aromatic heterocycles. The van der Waals surface area contributed by atoms with Gasteiger partial charge >= 0.3 is 5.97 Å². The molecule has 1 aromatic rings.